The molecular weight excluding hydrogens is 440 g/mol. The van der Waals surface area contributed by atoms with Crippen LogP contribution in [0.5, 0.6) is 0 Å². The number of H-pyrrole nitrogens is 2. The topological polar surface area (TPSA) is 56.5 Å². The highest BCUT2D eigenvalue weighted by Crippen LogP contribution is 2.33. The van der Waals surface area contributed by atoms with Gasteiger partial charge in [-0.15, -0.1) is 0 Å². The Balaban J connectivity index is 1.42. The van der Waals surface area contributed by atoms with Crippen LogP contribution in [0.1, 0.15) is 23.0 Å². The summed E-state index contributed by atoms with van der Waals surface area (Å²) in [5.41, 5.74) is 7.93. The van der Waals surface area contributed by atoms with E-state index in [1.54, 1.807) is 0 Å². The summed E-state index contributed by atoms with van der Waals surface area (Å²) in [6.45, 7) is 0.760. The Hall–Kier alpha value is -4.41. The van der Waals surface area contributed by atoms with Gasteiger partial charge in [0.15, 0.2) is 0 Å². The van der Waals surface area contributed by atoms with E-state index in [9.17, 15) is 0 Å². The van der Waals surface area contributed by atoms with Gasteiger partial charge in [-0.25, -0.2) is 4.98 Å². The number of hydrogen-bond acceptors (Lipinski definition) is 2. The molecule has 4 aromatic carbocycles. The van der Waals surface area contributed by atoms with Gasteiger partial charge in [0.2, 0.25) is 0 Å². The van der Waals surface area contributed by atoms with Crippen LogP contribution in [0, 0.1) is 0 Å². The van der Waals surface area contributed by atoms with Gasteiger partial charge in [0, 0.05) is 34.8 Å². The fourth-order valence-corrected chi connectivity index (χ4v) is 4.80. The lowest BCUT2D eigenvalue weighted by molar-refractivity contribution is 0.510. The zero-order chi connectivity index (χ0) is 24.2. The first-order valence-corrected chi connectivity index (χ1v) is 12.4. The number of fused-ring (bicyclic) bond motifs is 1. The van der Waals surface area contributed by atoms with Crippen molar-refractivity contribution < 1.29 is 0 Å². The van der Waals surface area contributed by atoms with Crippen molar-refractivity contribution in [3.8, 4) is 22.5 Å². The van der Waals surface area contributed by atoms with Gasteiger partial charge in [-0.05, 0) is 23.6 Å². The minimum absolute atomic E-state index is 0.00402. The molecule has 4 nitrogen and oxygen atoms in total. The number of benzene rings is 4. The summed E-state index contributed by atoms with van der Waals surface area (Å²) in [6, 6.07) is 39.9. The minimum atomic E-state index is 0.00402. The van der Waals surface area contributed by atoms with E-state index in [0.29, 0.717) is 0 Å². The molecule has 0 bridgehead atoms. The van der Waals surface area contributed by atoms with E-state index in [-0.39, 0.29) is 6.04 Å². The Bertz CT molecular complexity index is 1490. The lowest BCUT2D eigenvalue weighted by Crippen LogP contribution is -2.24. The van der Waals surface area contributed by atoms with Crippen LogP contribution in [0.15, 0.2) is 121 Å². The second-order valence-electron chi connectivity index (χ2n) is 9.06. The highest BCUT2D eigenvalue weighted by molar-refractivity contribution is 5.83. The number of rotatable bonds is 8. The quantitative estimate of drug-likeness (QED) is 0.219. The average molecular weight is 469 g/mol. The highest BCUT2D eigenvalue weighted by Gasteiger charge is 2.22. The Morgan fingerprint density at radius 2 is 1.33 bits per heavy atom. The molecule has 0 amide bonds. The van der Waals surface area contributed by atoms with E-state index in [2.05, 4.69) is 125 Å². The zero-order valence-electron chi connectivity index (χ0n) is 20.0. The zero-order valence-corrected chi connectivity index (χ0v) is 20.0. The summed E-state index contributed by atoms with van der Waals surface area (Å²) in [7, 11) is 0. The number of nitrogens with one attached hydrogen (secondary N) is 3. The first-order chi connectivity index (χ1) is 17.8. The molecule has 2 aromatic heterocycles. The molecule has 6 rings (SSSR count). The molecular formula is C32H28N4. The SMILES string of the molecule is c1ccc(CNC(Cc2c[nH]c3ccccc23)c2nc(-c3ccccc3)c(-c3ccccc3)[nH]2)cc1. The first kappa shape index (κ1) is 22.1. The molecule has 6 aromatic rings. The monoisotopic (exact) mass is 468 g/mol. The molecule has 1 unspecified atom stereocenters. The second kappa shape index (κ2) is 10.1. The summed E-state index contributed by atoms with van der Waals surface area (Å²) >= 11 is 0. The molecule has 36 heavy (non-hydrogen) atoms. The van der Waals surface area contributed by atoms with Crippen LogP contribution in [-0.4, -0.2) is 15.0 Å². The smallest absolute Gasteiger partial charge is 0.124 e. The van der Waals surface area contributed by atoms with E-state index >= 15 is 0 Å². The van der Waals surface area contributed by atoms with E-state index in [1.165, 1.54) is 16.5 Å². The Morgan fingerprint density at radius 1 is 0.694 bits per heavy atom. The Kier molecular flexibility index (Phi) is 6.17. The fourth-order valence-electron chi connectivity index (χ4n) is 4.80. The molecule has 0 saturated carbocycles. The normalized spacial score (nSPS) is 12.1. The van der Waals surface area contributed by atoms with Gasteiger partial charge in [-0.3, -0.25) is 0 Å². The summed E-state index contributed by atoms with van der Waals surface area (Å²) in [4.78, 5) is 12.3. The second-order valence-corrected chi connectivity index (χ2v) is 9.06. The summed E-state index contributed by atoms with van der Waals surface area (Å²) < 4.78 is 0. The van der Waals surface area contributed by atoms with E-state index < -0.39 is 0 Å². The van der Waals surface area contributed by atoms with Gasteiger partial charge in [-0.2, -0.15) is 0 Å². The van der Waals surface area contributed by atoms with Gasteiger partial charge in [-0.1, -0.05) is 109 Å². The Morgan fingerprint density at radius 3 is 2.08 bits per heavy atom. The van der Waals surface area contributed by atoms with Crippen molar-refractivity contribution >= 4 is 10.9 Å². The standard InChI is InChI=1S/C32H28N4/c1-4-12-23(13-5-1)21-33-29(20-26-22-34-28-19-11-10-18-27(26)28)32-35-30(24-14-6-2-7-15-24)31(36-32)25-16-8-3-9-17-25/h1-19,22,29,33-34H,20-21H2,(H,35,36). The molecule has 0 radical (unpaired) electrons. The van der Waals surface area contributed by atoms with Crippen LogP contribution < -0.4 is 5.32 Å². The third kappa shape index (κ3) is 4.59. The maximum atomic E-state index is 5.20. The number of nitrogens with zero attached hydrogens (tertiary/aromatic N) is 1. The first-order valence-electron chi connectivity index (χ1n) is 12.4. The molecule has 0 fully saturated rings. The molecule has 0 aliphatic rings. The number of aromatic amines is 2. The minimum Gasteiger partial charge on any atom is -0.361 e. The summed E-state index contributed by atoms with van der Waals surface area (Å²) in [5.74, 6) is 0.939. The molecule has 0 aliphatic heterocycles. The summed E-state index contributed by atoms with van der Waals surface area (Å²) in [6.07, 6.45) is 2.94. The van der Waals surface area contributed by atoms with Crippen molar-refractivity contribution in [2.45, 2.75) is 19.0 Å². The molecule has 2 heterocycles. The molecule has 0 saturated heterocycles. The van der Waals surface area contributed by atoms with Crippen molar-refractivity contribution in [1.82, 2.24) is 20.3 Å². The van der Waals surface area contributed by atoms with Crippen LogP contribution in [0.25, 0.3) is 33.4 Å². The highest BCUT2D eigenvalue weighted by atomic mass is 15.0. The van der Waals surface area contributed by atoms with Gasteiger partial charge < -0.3 is 15.3 Å². The van der Waals surface area contributed by atoms with E-state index in [1.807, 2.05) is 12.1 Å². The third-order valence-electron chi connectivity index (χ3n) is 6.66. The van der Waals surface area contributed by atoms with Crippen LogP contribution in [0.4, 0.5) is 0 Å². The molecule has 4 heteroatoms. The van der Waals surface area contributed by atoms with Crippen molar-refractivity contribution in [2.24, 2.45) is 0 Å². The van der Waals surface area contributed by atoms with Crippen molar-refractivity contribution in [1.29, 1.82) is 0 Å². The number of hydrogen-bond donors (Lipinski definition) is 3. The number of imidazole rings is 1. The van der Waals surface area contributed by atoms with E-state index in [4.69, 9.17) is 4.98 Å². The van der Waals surface area contributed by atoms with Crippen molar-refractivity contribution in [3.05, 3.63) is 138 Å². The maximum Gasteiger partial charge on any atom is 0.124 e. The molecule has 0 aliphatic carbocycles. The van der Waals surface area contributed by atoms with Crippen molar-refractivity contribution in [2.75, 3.05) is 0 Å². The fraction of sp³-hybridized carbons (Fsp3) is 0.0938. The number of aromatic nitrogens is 3. The molecule has 176 valence electrons. The third-order valence-corrected chi connectivity index (χ3v) is 6.66. The Labute approximate surface area is 211 Å². The predicted molar refractivity (Wildman–Crippen MR) is 147 cm³/mol. The van der Waals surface area contributed by atoms with Crippen LogP contribution in [0.3, 0.4) is 0 Å². The van der Waals surface area contributed by atoms with E-state index in [0.717, 1.165) is 46.8 Å². The van der Waals surface area contributed by atoms with Crippen LogP contribution in [-0.2, 0) is 13.0 Å². The van der Waals surface area contributed by atoms with Gasteiger partial charge in [0.05, 0.1) is 17.4 Å². The molecule has 1 atom stereocenters. The lowest BCUT2D eigenvalue weighted by Gasteiger charge is -2.17. The van der Waals surface area contributed by atoms with Crippen molar-refractivity contribution in [3.63, 3.8) is 0 Å². The van der Waals surface area contributed by atoms with Gasteiger partial charge in [0.1, 0.15) is 5.82 Å². The van der Waals surface area contributed by atoms with Crippen LogP contribution in [0.2, 0.25) is 0 Å². The van der Waals surface area contributed by atoms with Gasteiger partial charge >= 0.3 is 0 Å². The predicted octanol–water partition coefficient (Wildman–Crippen LogP) is 7.30. The molecule has 0 spiro atoms. The van der Waals surface area contributed by atoms with Crippen LogP contribution >= 0.6 is 0 Å². The summed E-state index contributed by atoms with van der Waals surface area (Å²) in [5, 5.41) is 5.04. The maximum absolute atomic E-state index is 5.20. The lowest BCUT2D eigenvalue weighted by atomic mass is 10.0. The largest absolute Gasteiger partial charge is 0.361 e. The molecule has 3 N–H and O–H groups in total. The van der Waals surface area contributed by atoms with Gasteiger partial charge in [0.25, 0.3) is 0 Å². The average Bonchev–Trinajstić information content (AvgIpc) is 3.58. The number of para-hydroxylation sites is 1.